The van der Waals surface area contributed by atoms with Crippen molar-refractivity contribution in [2.24, 2.45) is 0 Å². The van der Waals surface area contributed by atoms with Crippen LogP contribution in [0.5, 0.6) is 11.5 Å². The third-order valence-electron chi connectivity index (χ3n) is 5.89. The highest BCUT2D eigenvalue weighted by Crippen LogP contribution is 2.44. The van der Waals surface area contributed by atoms with E-state index in [0.717, 1.165) is 51.2 Å². The van der Waals surface area contributed by atoms with Gasteiger partial charge in [-0.1, -0.05) is 141 Å². The molecule has 0 fully saturated rings. The van der Waals surface area contributed by atoms with Gasteiger partial charge in [-0.3, -0.25) is 0 Å². The van der Waals surface area contributed by atoms with Crippen LogP contribution in [0.4, 0.5) is 0 Å². The van der Waals surface area contributed by atoms with E-state index in [1.165, 1.54) is 0 Å². The second kappa shape index (κ2) is 18.2. The van der Waals surface area contributed by atoms with Crippen molar-refractivity contribution in [3.8, 4) is 11.5 Å². The average molecular weight is 1320 g/mol. The van der Waals surface area contributed by atoms with Gasteiger partial charge in [-0.25, -0.2) is 0 Å². The van der Waals surface area contributed by atoms with Gasteiger partial charge >= 0.3 is 0 Å². The van der Waals surface area contributed by atoms with Gasteiger partial charge in [-0.05, 0) is 99.1 Å². The van der Waals surface area contributed by atoms with Crippen molar-refractivity contribution in [3.63, 3.8) is 0 Å². The van der Waals surface area contributed by atoms with Crippen molar-refractivity contribution in [3.05, 3.63) is 53.3 Å². The minimum Gasteiger partial charge on any atom is -0.490 e. The smallest absolute Gasteiger partial charge is 0.147 e. The second-order valence-electron chi connectivity index (χ2n) is 9.05. The van der Waals surface area contributed by atoms with Gasteiger partial charge in [-0.2, -0.15) is 0 Å². The summed E-state index contributed by atoms with van der Waals surface area (Å²) in [5, 5.41) is 1.68. The van der Waals surface area contributed by atoms with E-state index >= 15 is 0 Å². The summed E-state index contributed by atoms with van der Waals surface area (Å²) < 4.78 is 16.0. The molecule has 14 heteroatoms. The summed E-state index contributed by atoms with van der Waals surface area (Å²) in [5.41, 5.74) is 1.97. The third kappa shape index (κ3) is 10.9. The number of hydrogen-bond acceptors (Lipinski definition) is 2. The minimum absolute atomic E-state index is 0.121. The van der Waals surface area contributed by atoms with E-state index in [1.54, 1.807) is 0 Å². The number of hydrogen-bond donors (Lipinski definition) is 0. The fraction of sp³-hybridized carbons (Fsp3) is 0.520. The van der Waals surface area contributed by atoms with Gasteiger partial charge in [0.05, 0.1) is 27.5 Å². The van der Waals surface area contributed by atoms with Gasteiger partial charge in [0.1, 0.15) is 24.7 Å². The Balaban J connectivity index is 2.24. The molecule has 0 bridgehead atoms. The molecule has 0 aliphatic carbocycles. The normalized spacial score (nSPS) is 16.8. The standard InChI is InChI=1S/C25H24Br12O2/c1-25(2,11-3-13(28)23(14(29)4-11)38-9-19(34)21(36)17(32)7-26)12-5-15(30)24(16(31)6-12)39-10-20(35)22(37)18(33)8-27/h3-6,17-22H,7-10H2,1-2H3. The van der Waals surface area contributed by atoms with Crippen molar-refractivity contribution in [1.29, 1.82) is 0 Å². The molecule has 39 heavy (non-hydrogen) atoms. The van der Waals surface area contributed by atoms with Gasteiger partial charge in [0.2, 0.25) is 0 Å². The van der Waals surface area contributed by atoms with Crippen LogP contribution in [0.25, 0.3) is 0 Å². The monoisotopic (exact) mass is 1300 g/mol. The van der Waals surface area contributed by atoms with Crippen LogP contribution >= 0.6 is 191 Å². The lowest BCUT2D eigenvalue weighted by Crippen LogP contribution is -2.30. The zero-order chi connectivity index (χ0) is 29.7. The van der Waals surface area contributed by atoms with E-state index in [1.807, 2.05) is 0 Å². The first-order chi connectivity index (χ1) is 18.1. The topological polar surface area (TPSA) is 18.5 Å². The second-order valence-corrected chi connectivity index (χ2v) is 20.6. The Morgan fingerprint density at radius 1 is 0.564 bits per heavy atom. The molecule has 2 rings (SSSR count). The van der Waals surface area contributed by atoms with Gasteiger partial charge in [0.25, 0.3) is 0 Å². The Hall–Kier alpha value is 3.80. The zero-order valence-electron chi connectivity index (χ0n) is 20.5. The van der Waals surface area contributed by atoms with Crippen LogP contribution in [0.3, 0.4) is 0 Å². The van der Waals surface area contributed by atoms with Crippen LogP contribution in [-0.2, 0) is 5.41 Å². The summed E-state index contributed by atoms with van der Waals surface area (Å²) in [5.74, 6) is 1.55. The molecule has 2 nitrogen and oxygen atoms in total. The van der Waals surface area contributed by atoms with Crippen LogP contribution in [0, 0.1) is 0 Å². The Morgan fingerprint density at radius 2 is 0.846 bits per heavy atom. The molecule has 0 saturated heterocycles. The van der Waals surface area contributed by atoms with Crippen molar-refractivity contribution >= 4 is 191 Å². The lowest BCUT2D eigenvalue weighted by molar-refractivity contribution is 0.313. The zero-order valence-corrected chi connectivity index (χ0v) is 39.5. The van der Waals surface area contributed by atoms with Crippen molar-refractivity contribution < 1.29 is 9.47 Å². The predicted octanol–water partition coefficient (Wildman–Crippen LogP) is 13.2. The molecule has 220 valence electrons. The molecule has 2 aromatic carbocycles. The van der Waals surface area contributed by atoms with Crippen LogP contribution in [0.15, 0.2) is 42.2 Å². The Bertz CT molecular complexity index is 969. The highest BCUT2D eigenvalue weighted by molar-refractivity contribution is 9.15. The minimum atomic E-state index is -0.302. The quantitative estimate of drug-likeness (QED) is 0.176. The summed E-state index contributed by atoms with van der Waals surface area (Å²) in [6.45, 7) is 5.42. The van der Waals surface area contributed by atoms with Gasteiger partial charge < -0.3 is 9.47 Å². The summed E-state index contributed by atoms with van der Waals surface area (Å²) in [6, 6.07) is 8.50. The summed E-state index contributed by atoms with van der Waals surface area (Å²) in [4.78, 5) is 1.20. The molecule has 0 aromatic heterocycles. The highest BCUT2D eigenvalue weighted by Gasteiger charge is 2.29. The molecule has 0 aliphatic heterocycles. The van der Waals surface area contributed by atoms with Gasteiger partial charge in [-0.15, -0.1) is 0 Å². The maximum Gasteiger partial charge on any atom is 0.147 e. The van der Waals surface area contributed by atoms with Crippen LogP contribution in [0.1, 0.15) is 25.0 Å². The summed E-state index contributed by atoms with van der Waals surface area (Å²) in [6.07, 6.45) is 0. The Kier molecular flexibility index (Phi) is 18.2. The van der Waals surface area contributed by atoms with E-state index in [-0.39, 0.29) is 34.4 Å². The van der Waals surface area contributed by atoms with Crippen LogP contribution in [0.2, 0.25) is 0 Å². The average Bonchev–Trinajstić information content (AvgIpc) is 2.89. The lowest BCUT2D eigenvalue weighted by atomic mass is 9.78. The van der Waals surface area contributed by atoms with E-state index in [0.29, 0.717) is 13.2 Å². The van der Waals surface area contributed by atoms with E-state index < -0.39 is 0 Å². The molecular weight excluding hydrogens is 1290 g/mol. The largest absolute Gasteiger partial charge is 0.490 e. The number of alkyl halides is 8. The number of rotatable bonds is 14. The van der Waals surface area contributed by atoms with Crippen molar-refractivity contribution in [1.82, 2.24) is 0 Å². The molecule has 0 heterocycles. The van der Waals surface area contributed by atoms with Gasteiger partial charge in [0, 0.05) is 35.4 Å². The first-order valence-electron chi connectivity index (χ1n) is 11.4. The number of benzene rings is 2. The lowest BCUT2D eigenvalue weighted by Gasteiger charge is -2.29. The molecule has 0 N–H and O–H groups in total. The molecule has 0 saturated carbocycles. The summed E-state index contributed by atoms with van der Waals surface area (Å²) >= 11 is 44.3. The van der Waals surface area contributed by atoms with Gasteiger partial charge in [0.15, 0.2) is 0 Å². The predicted molar refractivity (Wildman–Crippen MR) is 211 cm³/mol. The summed E-state index contributed by atoms with van der Waals surface area (Å²) in [7, 11) is 0. The first-order valence-corrected chi connectivity index (χ1v) is 22.3. The third-order valence-corrected chi connectivity index (χ3v) is 20.2. The molecule has 2 aromatic rings. The number of ether oxygens (including phenoxy) is 2. The van der Waals surface area contributed by atoms with Crippen molar-refractivity contribution in [2.45, 2.75) is 48.2 Å². The fourth-order valence-electron chi connectivity index (χ4n) is 3.42. The molecule has 0 amide bonds. The van der Waals surface area contributed by atoms with E-state index in [2.05, 4.69) is 229 Å². The molecule has 0 radical (unpaired) electrons. The van der Waals surface area contributed by atoms with E-state index in [4.69, 9.17) is 9.47 Å². The SMILES string of the molecule is CC(C)(c1cc(Br)c(OCC(Br)C(Br)C(Br)CBr)c(Br)c1)c1cc(Br)c(OCC(Br)C(Br)C(Br)CBr)c(Br)c1. The highest BCUT2D eigenvalue weighted by atomic mass is 79.9. The Labute approximate surface area is 332 Å². The molecule has 0 aliphatic rings. The maximum atomic E-state index is 6.21. The van der Waals surface area contributed by atoms with Crippen LogP contribution in [-0.4, -0.2) is 52.8 Å². The molecule has 6 atom stereocenters. The first kappa shape index (κ1) is 39.0. The fourth-order valence-corrected chi connectivity index (χ4v) is 11.3. The van der Waals surface area contributed by atoms with Crippen LogP contribution < -0.4 is 9.47 Å². The molecular formula is C25H24Br12O2. The molecule has 0 spiro atoms. The van der Waals surface area contributed by atoms with E-state index in [9.17, 15) is 0 Å². The van der Waals surface area contributed by atoms with Crippen molar-refractivity contribution in [2.75, 3.05) is 23.9 Å². The maximum absolute atomic E-state index is 6.21. The Morgan fingerprint density at radius 3 is 1.10 bits per heavy atom. The molecule has 6 unspecified atom stereocenters. The number of halogens is 12.